The number of hydrogen-bond donors (Lipinski definition) is 2. The van der Waals surface area contributed by atoms with Crippen LogP contribution in [0.15, 0.2) is 64.5 Å². The largest absolute Gasteiger partial charge is 0.376 e. The molecule has 0 spiro atoms. The Kier molecular flexibility index (Phi) is 8.91. The normalized spacial score (nSPS) is 15.3. The SMILES string of the molecule is O=C(CCn1c(SCC(=O)NC[C@H]2CCCO2)nc2ccccc2c1=O)NCCc1ccccc1. The molecule has 9 heteroatoms. The molecule has 0 radical (unpaired) electrons. The van der Waals surface area contributed by atoms with E-state index < -0.39 is 0 Å². The highest BCUT2D eigenvalue weighted by Crippen LogP contribution is 2.18. The average Bonchev–Trinajstić information content (AvgIpc) is 3.40. The van der Waals surface area contributed by atoms with E-state index in [4.69, 9.17) is 4.74 Å². The maximum absolute atomic E-state index is 13.2. The van der Waals surface area contributed by atoms with Gasteiger partial charge in [0.25, 0.3) is 5.56 Å². The van der Waals surface area contributed by atoms with E-state index in [1.165, 1.54) is 16.3 Å². The molecule has 2 heterocycles. The Labute approximate surface area is 208 Å². The molecule has 184 valence electrons. The molecule has 0 unspecified atom stereocenters. The Morgan fingerprint density at radius 2 is 1.86 bits per heavy atom. The molecular formula is C26H30N4O4S. The summed E-state index contributed by atoms with van der Waals surface area (Å²) >= 11 is 1.20. The minimum Gasteiger partial charge on any atom is -0.376 e. The van der Waals surface area contributed by atoms with E-state index in [2.05, 4.69) is 15.6 Å². The Morgan fingerprint density at radius 3 is 2.66 bits per heavy atom. The van der Waals surface area contributed by atoms with Gasteiger partial charge >= 0.3 is 0 Å². The molecule has 0 aliphatic carbocycles. The fraction of sp³-hybridized carbons (Fsp3) is 0.385. The number of nitrogens with zero attached hydrogens (tertiary/aromatic N) is 2. The highest BCUT2D eigenvalue weighted by Gasteiger charge is 2.18. The minimum atomic E-state index is -0.213. The molecule has 1 aromatic heterocycles. The lowest BCUT2D eigenvalue weighted by molar-refractivity contribution is -0.121. The summed E-state index contributed by atoms with van der Waals surface area (Å²) in [6.07, 6.45) is 2.93. The first kappa shape index (κ1) is 24.9. The number of benzene rings is 2. The van der Waals surface area contributed by atoms with Crippen LogP contribution in [0.25, 0.3) is 10.9 Å². The van der Waals surface area contributed by atoms with Crippen molar-refractivity contribution in [2.45, 2.75) is 43.5 Å². The first-order valence-corrected chi connectivity index (χ1v) is 12.9. The molecule has 1 aliphatic heterocycles. The molecule has 2 N–H and O–H groups in total. The van der Waals surface area contributed by atoms with Gasteiger partial charge in [0, 0.05) is 32.7 Å². The van der Waals surface area contributed by atoms with E-state index in [1.54, 1.807) is 18.2 Å². The van der Waals surface area contributed by atoms with Crippen LogP contribution >= 0.6 is 11.8 Å². The number of para-hydroxylation sites is 1. The van der Waals surface area contributed by atoms with Gasteiger partial charge in [0.05, 0.1) is 22.8 Å². The van der Waals surface area contributed by atoms with E-state index in [1.807, 2.05) is 36.4 Å². The molecule has 0 saturated carbocycles. The number of rotatable bonds is 11. The van der Waals surface area contributed by atoms with Crippen LogP contribution in [0.4, 0.5) is 0 Å². The van der Waals surface area contributed by atoms with Gasteiger partial charge in [0.15, 0.2) is 5.16 Å². The third kappa shape index (κ3) is 7.16. The van der Waals surface area contributed by atoms with E-state index in [0.717, 1.165) is 31.4 Å². The molecule has 1 saturated heterocycles. The average molecular weight is 495 g/mol. The molecular weight excluding hydrogens is 464 g/mol. The standard InChI is InChI=1S/C26H30N4O4S/c31-23(27-14-12-19-7-2-1-3-8-19)13-15-30-25(33)21-10-4-5-11-22(21)29-26(30)35-18-24(32)28-17-20-9-6-16-34-20/h1-5,7-8,10-11,20H,6,9,12-18H2,(H,27,31)(H,28,32)/t20-/m1/s1. The quantitative estimate of drug-likeness (QED) is 0.314. The Balaban J connectivity index is 1.37. The van der Waals surface area contributed by atoms with E-state index in [9.17, 15) is 14.4 Å². The summed E-state index contributed by atoms with van der Waals surface area (Å²) in [6, 6.07) is 17.1. The molecule has 0 bridgehead atoms. The second-order valence-corrected chi connectivity index (χ2v) is 9.37. The summed E-state index contributed by atoms with van der Waals surface area (Å²) in [5, 5.41) is 6.72. The van der Waals surface area contributed by atoms with Gasteiger partial charge in [-0.25, -0.2) is 4.98 Å². The van der Waals surface area contributed by atoms with Gasteiger partial charge in [-0.2, -0.15) is 0 Å². The number of amides is 2. The first-order chi connectivity index (χ1) is 17.1. The third-order valence-electron chi connectivity index (χ3n) is 5.85. The zero-order chi connectivity index (χ0) is 24.5. The van der Waals surface area contributed by atoms with Crippen molar-refractivity contribution in [1.82, 2.24) is 20.2 Å². The van der Waals surface area contributed by atoms with Crippen LogP contribution in [-0.2, 0) is 27.3 Å². The van der Waals surface area contributed by atoms with Crippen LogP contribution in [0.2, 0.25) is 0 Å². The number of hydrogen-bond acceptors (Lipinski definition) is 6. The van der Waals surface area contributed by atoms with Crippen LogP contribution in [0.5, 0.6) is 0 Å². The van der Waals surface area contributed by atoms with Crippen molar-refractivity contribution in [3.8, 4) is 0 Å². The molecule has 1 fully saturated rings. The fourth-order valence-corrected chi connectivity index (χ4v) is 4.82. The molecule has 4 rings (SSSR count). The Hall–Kier alpha value is -3.17. The van der Waals surface area contributed by atoms with Gasteiger partial charge in [-0.05, 0) is 37.0 Å². The highest BCUT2D eigenvalue weighted by atomic mass is 32.2. The van der Waals surface area contributed by atoms with Crippen LogP contribution in [0.1, 0.15) is 24.8 Å². The van der Waals surface area contributed by atoms with Crippen LogP contribution in [0.3, 0.4) is 0 Å². The van der Waals surface area contributed by atoms with Crippen molar-refractivity contribution < 1.29 is 14.3 Å². The molecule has 1 atom stereocenters. The summed E-state index contributed by atoms with van der Waals surface area (Å²) in [4.78, 5) is 42.6. The molecule has 3 aromatic rings. The van der Waals surface area contributed by atoms with E-state index in [-0.39, 0.29) is 42.2 Å². The smallest absolute Gasteiger partial charge is 0.262 e. The summed E-state index contributed by atoms with van der Waals surface area (Å²) in [7, 11) is 0. The van der Waals surface area contributed by atoms with Crippen LogP contribution in [-0.4, -0.2) is 52.9 Å². The number of carbonyl (C=O) groups excluding carboxylic acids is 2. The van der Waals surface area contributed by atoms with Gasteiger partial charge in [0.1, 0.15) is 0 Å². The van der Waals surface area contributed by atoms with E-state index in [0.29, 0.717) is 29.1 Å². The second kappa shape index (κ2) is 12.5. The molecule has 8 nitrogen and oxygen atoms in total. The van der Waals surface area contributed by atoms with Crippen molar-refractivity contribution in [1.29, 1.82) is 0 Å². The summed E-state index contributed by atoms with van der Waals surface area (Å²) in [5.74, 6) is -0.148. The molecule has 2 aromatic carbocycles. The molecule has 35 heavy (non-hydrogen) atoms. The lowest BCUT2D eigenvalue weighted by Gasteiger charge is -2.14. The Morgan fingerprint density at radius 1 is 1.06 bits per heavy atom. The number of fused-ring (bicyclic) bond motifs is 1. The van der Waals surface area contributed by atoms with Crippen molar-refractivity contribution in [3.63, 3.8) is 0 Å². The zero-order valence-corrected chi connectivity index (χ0v) is 20.4. The summed E-state index contributed by atoms with van der Waals surface area (Å²) < 4.78 is 7.04. The number of thioether (sulfide) groups is 1. The van der Waals surface area contributed by atoms with Crippen molar-refractivity contribution in [2.24, 2.45) is 0 Å². The van der Waals surface area contributed by atoms with Crippen molar-refractivity contribution in [2.75, 3.05) is 25.4 Å². The van der Waals surface area contributed by atoms with Gasteiger partial charge in [0.2, 0.25) is 11.8 Å². The van der Waals surface area contributed by atoms with Crippen molar-refractivity contribution >= 4 is 34.5 Å². The summed E-state index contributed by atoms with van der Waals surface area (Å²) in [5.41, 5.74) is 1.51. The lowest BCUT2D eigenvalue weighted by atomic mass is 10.1. The van der Waals surface area contributed by atoms with Gasteiger partial charge in [-0.3, -0.25) is 19.0 Å². The van der Waals surface area contributed by atoms with Crippen LogP contribution in [0, 0.1) is 0 Å². The second-order valence-electron chi connectivity index (χ2n) is 8.43. The van der Waals surface area contributed by atoms with E-state index >= 15 is 0 Å². The lowest BCUT2D eigenvalue weighted by Crippen LogP contribution is -2.33. The monoisotopic (exact) mass is 494 g/mol. The minimum absolute atomic E-state index is 0.0707. The topological polar surface area (TPSA) is 102 Å². The maximum Gasteiger partial charge on any atom is 0.262 e. The van der Waals surface area contributed by atoms with Gasteiger partial charge in [-0.1, -0.05) is 54.2 Å². The zero-order valence-electron chi connectivity index (χ0n) is 19.6. The predicted molar refractivity (Wildman–Crippen MR) is 136 cm³/mol. The number of aromatic nitrogens is 2. The number of ether oxygens (including phenoxy) is 1. The van der Waals surface area contributed by atoms with Gasteiger partial charge < -0.3 is 15.4 Å². The third-order valence-corrected chi connectivity index (χ3v) is 6.83. The molecule has 2 amide bonds. The fourth-order valence-electron chi connectivity index (χ4n) is 3.96. The van der Waals surface area contributed by atoms with Gasteiger partial charge in [-0.15, -0.1) is 0 Å². The predicted octanol–water partition coefficient (Wildman–Crippen LogP) is 2.53. The van der Waals surface area contributed by atoms with Crippen molar-refractivity contribution in [3.05, 3.63) is 70.5 Å². The number of carbonyl (C=O) groups is 2. The molecule has 1 aliphatic rings. The van der Waals surface area contributed by atoms with Crippen LogP contribution < -0.4 is 16.2 Å². The maximum atomic E-state index is 13.2. The number of nitrogens with one attached hydrogen (secondary N) is 2. The Bertz CT molecular complexity index is 1210. The highest BCUT2D eigenvalue weighted by molar-refractivity contribution is 7.99. The first-order valence-electron chi connectivity index (χ1n) is 11.9. The summed E-state index contributed by atoms with van der Waals surface area (Å²) in [6.45, 7) is 1.94.